The van der Waals surface area contributed by atoms with Gasteiger partial charge in [-0.3, -0.25) is 14.2 Å². The summed E-state index contributed by atoms with van der Waals surface area (Å²) in [7, 11) is 1.08. The average Bonchev–Trinajstić information content (AvgIpc) is 3.51. The largest absolute Gasteiger partial charge is 0.756 e. The van der Waals surface area contributed by atoms with Gasteiger partial charge in [-0.15, -0.1) is 0 Å². The first kappa shape index (κ1) is 59.2. The monoisotopic (exact) mass is 920 g/mol. The molecule has 1 rings (SSSR count). The van der Waals surface area contributed by atoms with Crippen LogP contribution in [0.15, 0.2) is 53.0 Å². The van der Waals surface area contributed by atoms with E-state index in [9.17, 15) is 24.2 Å². The summed E-state index contributed by atoms with van der Waals surface area (Å²) in [4.78, 5) is 37.7. The van der Waals surface area contributed by atoms with E-state index >= 15 is 0 Å². The molecule has 0 saturated carbocycles. The number of unbranched alkanes of at least 4 members (excludes halogenated alkanes) is 15. The van der Waals surface area contributed by atoms with E-state index in [4.69, 9.17) is 22.9 Å². The number of aliphatic hydroxyl groups excluding tert-OH is 1. The van der Waals surface area contributed by atoms with Crippen LogP contribution in [0, 0.1) is 13.8 Å². The molecule has 1 N–H and O–H groups in total. The van der Waals surface area contributed by atoms with Gasteiger partial charge >= 0.3 is 11.9 Å². The molecule has 11 nitrogen and oxygen atoms in total. The van der Waals surface area contributed by atoms with Crippen molar-refractivity contribution in [1.82, 2.24) is 0 Å². The van der Waals surface area contributed by atoms with E-state index in [1.165, 1.54) is 93.3 Å². The van der Waals surface area contributed by atoms with Gasteiger partial charge in [0, 0.05) is 25.7 Å². The third kappa shape index (κ3) is 33.7. The van der Waals surface area contributed by atoms with Crippen molar-refractivity contribution in [2.24, 2.45) is 0 Å². The standard InChI is InChI=1S/C52H90NO10P/c1-8-10-12-13-24-30-35-47(54)36-31-25-20-18-19-22-27-33-39-51(55)59-43-48(44-61-64(57,58)60-42-41-53(5,6)7)62-52(56)40-34-28-23-17-15-14-16-21-26-32-38-50-46(4)45(3)49(63-50)37-29-11-9-2/h19-20,22,24-25,30-31,36,47-48,54H,8-18,21,23,26-29,32-35,37-44H2,1-7H3/b22-19-,25-20-,30-24-,36-31+/t47-,48-/m1/s1. The number of carbonyl (C=O) groups is 2. The molecule has 12 heteroatoms. The zero-order valence-electron chi connectivity index (χ0n) is 41.3. The maximum Gasteiger partial charge on any atom is 0.306 e. The summed E-state index contributed by atoms with van der Waals surface area (Å²) in [5, 5.41) is 10.1. The molecule has 0 aliphatic heterocycles. The molecule has 1 aromatic heterocycles. The van der Waals surface area contributed by atoms with Gasteiger partial charge in [-0.25, -0.2) is 0 Å². The number of rotatable bonds is 41. The van der Waals surface area contributed by atoms with Gasteiger partial charge in [-0.05, 0) is 82.8 Å². The van der Waals surface area contributed by atoms with E-state index in [0.29, 0.717) is 36.7 Å². The van der Waals surface area contributed by atoms with Gasteiger partial charge in [0.15, 0.2) is 6.10 Å². The Kier molecular flexibility index (Phi) is 34.5. The zero-order valence-corrected chi connectivity index (χ0v) is 42.2. The van der Waals surface area contributed by atoms with Gasteiger partial charge in [-0.1, -0.05) is 140 Å². The Morgan fingerprint density at radius 1 is 0.688 bits per heavy atom. The number of nitrogens with zero attached hydrogens (tertiary/aromatic N) is 1. The van der Waals surface area contributed by atoms with Crippen LogP contribution in [0.25, 0.3) is 0 Å². The van der Waals surface area contributed by atoms with Crippen LogP contribution in [0.4, 0.5) is 0 Å². The quantitative estimate of drug-likeness (QED) is 0.0168. The highest BCUT2D eigenvalue weighted by Gasteiger charge is 2.22. The molecule has 0 fully saturated rings. The molecule has 0 aliphatic rings. The fourth-order valence-electron chi connectivity index (χ4n) is 6.91. The predicted octanol–water partition coefficient (Wildman–Crippen LogP) is 12.2. The van der Waals surface area contributed by atoms with E-state index in [2.05, 4.69) is 33.8 Å². The predicted molar refractivity (Wildman–Crippen MR) is 259 cm³/mol. The molecule has 0 radical (unpaired) electrons. The molecule has 0 amide bonds. The summed E-state index contributed by atoms with van der Waals surface area (Å²) in [5.74, 6) is 1.40. The third-order valence-corrected chi connectivity index (χ3v) is 12.1. The van der Waals surface area contributed by atoms with Gasteiger partial charge in [0.2, 0.25) is 0 Å². The first-order chi connectivity index (χ1) is 30.7. The van der Waals surface area contributed by atoms with Crippen molar-refractivity contribution in [3.05, 3.63) is 71.3 Å². The molecule has 0 spiro atoms. The minimum absolute atomic E-state index is 0.0565. The third-order valence-electron chi connectivity index (χ3n) is 11.1. The topological polar surface area (TPSA) is 145 Å². The van der Waals surface area contributed by atoms with Crippen LogP contribution in [0.3, 0.4) is 0 Å². The summed E-state index contributed by atoms with van der Waals surface area (Å²) >= 11 is 0. The Morgan fingerprint density at radius 2 is 1.25 bits per heavy atom. The number of aryl methyl sites for hydroxylation is 2. The van der Waals surface area contributed by atoms with E-state index in [-0.39, 0.29) is 26.1 Å². The van der Waals surface area contributed by atoms with Crippen molar-refractivity contribution in [2.75, 3.05) is 47.5 Å². The summed E-state index contributed by atoms with van der Waals surface area (Å²) in [6.07, 6.45) is 38.5. The van der Waals surface area contributed by atoms with Crippen molar-refractivity contribution in [3.63, 3.8) is 0 Å². The summed E-state index contributed by atoms with van der Waals surface area (Å²) in [5.41, 5.74) is 2.68. The van der Waals surface area contributed by atoms with E-state index in [1.54, 1.807) is 6.08 Å². The van der Waals surface area contributed by atoms with Crippen molar-refractivity contribution in [2.45, 2.75) is 200 Å². The molecule has 0 bridgehead atoms. The van der Waals surface area contributed by atoms with Crippen LogP contribution < -0.4 is 4.89 Å². The second-order valence-electron chi connectivity index (χ2n) is 18.3. The number of hydrogen-bond donors (Lipinski definition) is 1. The summed E-state index contributed by atoms with van der Waals surface area (Å²) in [6, 6.07) is 0. The number of ether oxygens (including phenoxy) is 2. The number of furan rings is 1. The molecule has 0 saturated heterocycles. The van der Waals surface area contributed by atoms with E-state index in [0.717, 1.165) is 51.4 Å². The van der Waals surface area contributed by atoms with Gasteiger partial charge in [0.05, 0.1) is 33.9 Å². The van der Waals surface area contributed by atoms with E-state index < -0.39 is 38.6 Å². The number of phosphoric acid groups is 1. The van der Waals surface area contributed by atoms with Crippen LogP contribution in [0.5, 0.6) is 0 Å². The Bertz CT molecular complexity index is 1520. The Morgan fingerprint density at radius 3 is 1.89 bits per heavy atom. The van der Waals surface area contributed by atoms with Crippen molar-refractivity contribution >= 4 is 19.8 Å². The van der Waals surface area contributed by atoms with Gasteiger partial charge in [0.25, 0.3) is 7.82 Å². The van der Waals surface area contributed by atoms with Crippen LogP contribution in [0.1, 0.15) is 184 Å². The lowest BCUT2D eigenvalue weighted by molar-refractivity contribution is -0.870. The average molecular weight is 920 g/mol. The second-order valence-corrected chi connectivity index (χ2v) is 19.7. The number of esters is 2. The highest BCUT2D eigenvalue weighted by atomic mass is 31.2. The van der Waals surface area contributed by atoms with Gasteiger partial charge in [0.1, 0.15) is 31.3 Å². The van der Waals surface area contributed by atoms with Crippen LogP contribution in [-0.4, -0.2) is 81.2 Å². The number of carbonyl (C=O) groups excluding carboxylic acids is 2. The highest BCUT2D eigenvalue weighted by Crippen LogP contribution is 2.38. The lowest BCUT2D eigenvalue weighted by Gasteiger charge is -2.28. The lowest BCUT2D eigenvalue weighted by atomic mass is 10.0. The summed E-state index contributed by atoms with van der Waals surface area (Å²) < 4.78 is 40.2. The molecule has 1 unspecified atom stereocenters. The van der Waals surface area contributed by atoms with Crippen LogP contribution >= 0.6 is 7.82 Å². The maximum absolute atomic E-state index is 12.8. The molecular weight excluding hydrogens is 830 g/mol. The van der Waals surface area contributed by atoms with Crippen LogP contribution in [0.2, 0.25) is 0 Å². The van der Waals surface area contributed by atoms with Gasteiger partial charge < -0.3 is 37.4 Å². The molecule has 0 aromatic carbocycles. The molecular formula is C52H90NO10P. The number of quaternary nitrogens is 1. The lowest BCUT2D eigenvalue weighted by Crippen LogP contribution is -2.37. The zero-order chi connectivity index (χ0) is 47.3. The fourth-order valence-corrected chi connectivity index (χ4v) is 7.64. The summed E-state index contributed by atoms with van der Waals surface area (Å²) in [6.45, 7) is 8.38. The SMILES string of the molecule is CCCCC/C=C\C[C@@H](O)/C=C/C=C\C/C=C\CCCC(=O)OC[C@H](COP(=O)([O-])OCC[N+](C)(C)C)OC(=O)CCCCCCCCCCCCc1oc(CCCCC)c(C)c1C. The Balaban J connectivity index is 2.36. The first-order valence-corrected chi connectivity index (χ1v) is 26.3. The van der Waals surface area contributed by atoms with Crippen molar-refractivity contribution in [1.29, 1.82) is 0 Å². The Labute approximate surface area is 389 Å². The molecule has 1 aromatic rings. The number of likely N-dealkylation sites (N-methyl/N-ethyl adjacent to an activating group) is 1. The molecule has 368 valence electrons. The van der Waals surface area contributed by atoms with Crippen molar-refractivity contribution in [3.8, 4) is 0 Å². The second kappa shape index (κ2) is 37.3. The number of allylic oxidation sites excluding steroid dienone is 6. The number of phosphoric ester groups is 1. The van der Waals surface area contributed by atoms with Gasteiger partial charge in [-0.2, -0.15) is 0 Å². The van der Waals surface area contributed by atoms with E-state index in [1.807, 2.05) is 57.6 Å². The molecule has 0 aliphatic carbocycles. The Hall–Kier alpha value is -2.79. The molecule has 64 heavy (non-hydrogen) atoms. The minimum atomic E-state index is -4.67. The van der Waals surface area contributed by atoms with Crippen LogP contribution in [-0.2, 0) is 45.5 Å². The normalized spacial score (nSPS) is 14.3. The molecule has 3 atom stereocenters. The minimum Gasteiger partial charge on any atom is -0.756 e. The maximum atomic E-state index is 12.8. The first-order valence-electron chi connectivity index (χ1n) is 24.8. The highest BCUT2D eigenvalue weighted by molar-refractivity contribution is 7.45. The fraction of sp³-hybridized carbons (Fsp3) is 0.731. The molecule has 1 heterocycles. The number of hydrogen-bond acceptors (Lipinski definition) is 10. The smallest absolute Gasteiger partial charge is 0.306 e. The van der Waals surface area contributed by atoms with Crippen molar-refractivity contribution < 1.29 is 51.6 Å². The number of aliphatic hydroxyl groups is 1.